The van der Waals surface area contributed by atoms with Gasteiger partial charge in [0.15, 0.2) is 0 Å². The molecular formula is C14H11N3O5. The molecule has 2 rings (SSSR count). The lowest BCUT2D eigenvalue weighted by Gasteiger charge is -2.01. The normalized spacial score (nSPS) is 10.5. The van der Waals surface area contributed by atoms with E-state index in [2.05, 4.69) is 10.5 Å². The van der Waals surface area contributed by atoms with Gasteiger partial charge in [0.2, 0.25) is 5.75 Å². The molecule has 0 radical (unpaired) electrons. The number of carbonyl (C=O) groups excluding carboxylic acids is 1. The van der Waals surface area contributed by atoms with Crippen molar-refractivity contribution in [1.82, 2.24) is 5.43 Å². The molecule has 8 nitrogen and oxygen atoms in total. The minimum absolute atomic E-state index is 0.0621. The van der Waals surface area contributed by atoms with E-state index >= 15 is 0 Å². The van der Waals surface area contributed by atoms with Crippen molar-refractivity contribution in [3.63, 3.8) is 0 Å². The van der Waals surface area contributed by atoms with Crippen LogP contribution in [0.25, 0.3) is 0 Å². The lowest BCUT2D eigenvalue weighted by Crippen LogP contribution is -2.17. The van der Waals surface area contributed by atoms with Gasteiger partial charge in [-0.2, -0.15) is 5.10 Å². The number of nitro groups is 1. The number of hydrogen-bond donors (Lipinski definition) is 3. The first-order valence-corrected chi connectivity index (χ1v) is 6.08. The summed E-state index contributed by atoms with van der Waals surface area (Å²) in [5.41, 5.74) is 2.02. The molecule has 0 aliphatic carbocycles. The third-order valence-corrected chi connectivity index (χ3v) is 2.72. The van der Waals surface area contributed by atoms with Gasteiger partial charge in [-0.05, 0) is 24.3 Å². The zero-order valence-corrected chi connectivity index (χ0v) is 11.1. The van der Waals surface area contributed by atoms with E-state index in [9.17, 15) is 25.1 Å². The maximum absolute atomic E-state index is 11.7. The number of hydrogen-bond acceptors (Lipinski definition) is 6. The van der Waals surface area contributed by atoms with Gasteiger partial charge in [0.05, 0.1) is 11.1 Å². The summed E-state index contributed by atoms with van der Waals surface area (Å²) in [4.78, 5) is 21.7. The number of carbonyl (C=O) groups is 1. The summed E-state index contributed by atoms with van der Waals surface area (Å²) in [5, 5.41) is 33.3. The third-order valence-electron chi connectivity index (χ3n) is 2.72. The molecule has 0 aliphatic rings. The Bertz CT molecular complexity index is 758. The number of phenolic OH excluding ortho intramolecular Hbond substituents is 2. The monoisotopic (exact) mass is 301 g/mol. The lowest BCUT2D eigenvalue weighted by atomic mass is 10.2. The van der Waals surface area contributed by atoms with Crippen molar-refractivity contribution in [1.29, 1.82) is 0 Å². The van der Waals surface area contributed by atoms with Crippen molar-refractivity contribution in [2.24, 2.45) is 5.10 Å². The molecule has 0 atom stereocenters. The Labute approximate surface area is 124 Å². The van der Waals surface area contributed by atoms with E-state index in [-0.39, 0.29) is 16.9 Å². The van der Waals surface area contributed by atoms with Crippen LogP contribution in [-0.4, -0.2) is 27.3 Å². The van der Waals surface area contributed by atoms with Crippen molar-refractivity contribution in [2.75, 3.05) is 0 Å². The molecule has 0 spiro atoms. The van der Waals surface area contributed by atoms with Crippen molar-refractivity contribution < 1.29 is 19.9 Å². The minimum Gasteiger partial charge on any atom is -0.508 e. The Morgan fingerprint density at radius 2 is 1.95 bits per heavy atom. The van der Waals surface area contributed by atoms with Gasteiger partial charge in [-0.1, -0.05) is 12.1 Å². The summed E-state index contributed by atoms with van der Waals surface area (Å²) in [5.74, 6) is -1.17. The fraction of sp³-hybridized carbons (Fsp3) is 0. The Morgan fingerprint density at radius 1 is 1.23 bits per heavy atom. The SMILES string of the molecule is O=C(N/N=C/c1cccc([N+](=O)[O-])c1O)c1cccc(O)c1. The predicted octanol–water partition coefficient (Wildman–Crippen LogP) is 1.77. The number of nitro benzene ring substituents is 1. The van der Waals surface area contributed by atoms with Crippen LogP contribution in [0.15, 0.2) is 47.6 Å². The van der Waals surface area contributed by atoms with Gasteiger partial charge < -0.3 is 10.2 Å². The molecule has 0 aliphatic heterocycles. The van der Waals surface area contributed by atoms with E-state index < -0.39 is 22.3 Å². The van der Waals surface area contributed by atoms with Crippen LogP contribution < -0.4 is 5.43 Å². The Hall–Kier alpha value is -3.42. The van der Waals surface area contributed by atoms with Gasteiger partial charge in [-0.15, -0.1) is 0 Å². The Balaban J connectivity index is 2.12. The molecule has 2 aromatic carbocycles. The first-order chi connectivity index (χ1) is 10.5. The number of amides is 1. The van der Waals surface area contributed by atoms with Crippen molar-refractivity contribution in [3.8, 4) is 11.5 Å². The highest BCUT2D eigenvalue weighted by molar-refractivity contribution is 5.95. The summed E-state index contributed by atoms with van der Waals surface area (Å²) < 4.78 is 0. The zero-order valence-electron chi connectivity index (χ0n) is 11.1. The molecule has 112 valence electrons. The maximum Gasteiger partial charge on any atom is 0.311 e. The molecule has 0 saturated carbocycles. The fourth-order valence-electron chi connectivity index (χ4n) is 1.67. The van der Waals surface area contributed by atoms with E-state index in [4.69, 9.17) is 0 Å². The number of rotatable bonds is 4. The van der Waals surface area contributed by atoms with Gasteiger partial charge in [0.25, 0.3) is 5.91 Å². The predicted molar refractivity (Wildman–Crippen MR) is 77.9 cm³/mol. The number of nitrogens with zero attached hydrogens (tertiary/aromatic N) is 2. The van der Waals surface area contributed by atoms with Crippen LogP contribution >= 0.6 is 0 Å². The van der Waals surface area contributed by atoms with Crippen molar-refractivity contribution in [2.45, 2.75) is 0 Å². The standard InChI is InChI=1S/C14H11N3O5/c18-11-5-1-3-9(7-11)14(20)16-15-8-10-4-2-6-12(13(10)19)17(21)22/h1-8,18-19H,(H,16,20)/b15-8+. The first kappa shape index (κ1) is 15.0. The van der Waals surface area contributed by atoms with E-state index in [0.29, 0.717) is 0 Å². The number of hydrazone groups is 1. The van der Waals surface area contributed by atoms with Crippen LogP contribution in [0.2, 0.25) is 0 Å². The molecule has 0 fully saturated rings. The molecule has 3 N–H and O–H groups in total. The van der Waals surface area contributed by atoms with E-state index in [1.165, 1.54) is 36.4 Å². The Morgan fingerprint density at radius 3 is 2.64 bits per heavy atom. The van der Waals surface area contributed by atoms with Crippen molar-refractivity contribution in [3.05, 3.63) is 63.7 Å². The lowest BCUT2D eigenvalue weighted by molar-refractivity contribution is -0.385. The summed E-state index contributed by atoms with van der Waals surface area (Å²) in [6.07, 6.45) is 1.09. The van der Waals surface area contributed by atoms with E-state index in [1.807, 2.05) is 0 Å². The van der Waals surface area contributed by atoms with Crippen molar-refractivity contribution >= 4 is 17.8 Å². The second kappa shape index (κ2) is 6.35. The second-order valence-corrected chi connectivity index (χ2v) is 4.22. The van der Waals surface area contributed by atoms with Gasteiger partial charge in [0, 0.05) is 17.2 Å². The van der Waals surface area contributed by atoms with E-state index in [1.54, 1.807) is 0 Å². The molecule has 0 saturated heterocycles. The van der Waals surface area contributed by atoms with Gasteiger partial charge in [-0.25, -0.2) is 5.43 Å². The minimum atomic E-state index is -0.724. The van der Waals surface area contributed by atoms with Gasteiger partial charge >= 0.3 is 5.69 Å². The average Bonchev–Trinajstić information content (AvgIpc) is 2.48. The molecule has 8 heteroatoms. The molecule has 0 aromatic heterocycles. The van der Waals surface area contributed by atoms with Crippen LogP contribution in [0.5, 0.6) is 11.5 Å². The van der Waals surface area contributed by atoms with Crippen LogP contribution in [0.1, 0.15) is 15.9 Å². The molecule has 1 amide bonds. The van der Waals surface area contributed by atoms with E-state index in [0.717, 1.165) is 12.3 Å². The first-order valence-electron chi connectivity index (χ1n) is 6.08. The number of nitrogens with one attached hydrogen (secondary N) is 1. The maximum atomic E-state index is 11.7. The average molecular weight is 301 g/mol. The number of para-hydroxylation sites is 1. The van der Waals surface area contributed by atoms with Crippen LogP contribution in [0.4, 0.5) is 5.69 Å². The number of aromatic hydroxyl groups is 2. The fourth-order valence-corrected chi connectivity index (χ4v) is 1.67. The second-order valence-electron chi connectivity index (χ2n) is 4.22. The molecule has 2 aromatic rings. The Kier molecular flexibility index (Phi) is 4.33. The van der Waals surface area contributed by atoms with Crippen LogP contribution in [0, 0.1) is 10.1 Å². The molecule has 0 heterocycles. The van der Waals surface area contributed by atoms with Crippen LogP contribution in [-0.2, 0) is 0 Å². The number of phenols is 2. The topological polar surface area (TPSA) is 125 Å². The molecular weight excluding hydrogens is 290 g/mol. The molecule has 22 heavy (non-hydrogen) atoms. The zero-order chi connectivity index (χ0) is 16.1. The smallest absolute Gasteiger partial charge is 0.311 e. The van der Waals surface area contributed by atoms with Crippen LogP contribution in [0.3, 0.4) is 0 Å². The summed E-state index contributed by atoms with van der Waals surface area (Å²) in [6.45, 7) is 0. The summed E-state index contributed by atoms with van der Waals surface area (Å²) in [6, 6.07) is 9.60. The quantitative estimate of drug-likeness (QED) is 0.451. The molecule has 0 unspecified atom stereocenters. The van der Waals surface area contributed by atoms with Gasteiger partial charge in [-0.3, -0.25) is 14.9 Å². The summed E-state index contributed by atoms with van der Waals surface area (Å²) >= 11 is 0. The molecule has 0 bridgehead atoms. The highest BCUT2D eigenvalue weighted by Crippen LogP contribution is 2.27. The highest BCUT2D eigenvalue weighted by atomic mass is 16.6. The number of benzene rings is 2. The van der Waals surface area contributed by atoms with Gasteiger partial charge in [0.1, 0.15) is 5.75 Å². The highest BCUT2D eigenvalue weighted by Gasteiger charge is 2.15. The summed E-state index contributed by atoms with van der Waals surface area (Å²) in [7, 11) is 0. The largest absolute Gasteiger partial charge is 0.508 e. The third kappa shape index (κ3) is 3.37.